The van der Waals surface area contributed by atoms with Crippen molar-refractivity contribution >= 4 is 23.3 Å². The molecule has 5 rings (SSSR count). The highest BCUT2D eigenvalue weighted by Gasteiger charge is 2.21. The summed E-state index contributed by atoms with van der Waals surface area (Å²) in [4.78, 5) is 16.6. The fourth-order valence-electron chi connectivity index (χ4n) is 4.73. The molecule has 6 nitrogen and oxygen atoms in total. The monoisotopic (exact) mass is 528 g/mol. The van der Waals surface area contributed by atoms with Crippen molar-refractivity contribution in [2.45, 2.75) is 6.54 Å². The first-order valence-corrected chi connectivity index (χ1v) is 12.9. The molecule has 0 amide bonds. The summed E-state index contributed by atoms with van der Waals surface area (Å²) in [5.74, 6) is 0.443. The average molecular weight is 529 g/mol. The van der Waals surface area contributed by atoms with Crippen molar-refractivity contribution < 1.29 is 19.4 Å². The van der Waals surface area contributed by atoms with E-state index in [1.54, 1.807) is 25.3 Å². The SMILES string of the molecule is COc1cccc(Oc2cc(N3CCN(Cc4ccccc4-c4ccc(Cl)cc4)CC3)ccc2C(=O)O)c1. The van der Waals surface area contributed by atoms with E-state index in [1.807, 2.05) is 36.4 Å². The molecule has 1 fully saturated rings. The van der Waals surface area contributed by atoms with Crippen LogP contribution in [0.1, 0.15) is 15.9 Å². The molecule has 1 saturated heterocycles. The lowest BCUT2D eigenvalue weighted by molar-refractivity contribution is 0.0694. The lowest BCUT2D eigenvalue weighted by atomic mass is 9.99. The zero-order valence-corrected chi connectivity index (χ0v) is 21.9. The number of methoxy groups -OCH3 is 1. The minimum Gasteiger partial charge on any atom is -0.497 e. The van der Waals surface area contributed by atoms with Gasteiger partial charge >= 0.3 is 5.97 Å². The van der Waals surface area contributed by atoms with Crippen LogP contribution in [0, 0.1) is 0 Å². The maximum Gasteiger partial charge on any atom is 0.339 e. The van der Waals surface area contributed by atoms with E-state index in [9.17, 15) is 9.90 Å². The van der Waals surface area contributed by atoms with Crippen LogP contribution < -0.4 is 14.4 Å². The lowest BCUT2D eigenvalue weighted by Gasteiger charge is -2.36. The van der Waals surface area contributed by atoms with Crippen LogP contribution in [-0.4, -0.2) is 49.3 Å². The van der Waals surface area contributed by atoms with E-state index >= 15 is 0 Å². The first-order valence-electron chi connectivity index (χ1n) is 12.5. The van der Waals surface area contributed by atoms with Crippen LogP contribution in [0.15, 0.2) is 91.0 Å². The Morgan fingerprint density at radius 2 is 1.61 bits per heavy atom. The molecule has 0 atom stereocenters. The summed E-state index contributed by atoms with van der Waals surface area (Å²) >= 11 is 6.09. The number of carboxylic acids is 1. The van der Waals surface area contributed by atoms with Gasteiger partial charge < -0.3 is 19.5 Å². The summed E-state index contributed by atoms with van der Waals surface area (Å²) in [5.41, 5.74) is 4.71. The number of ether oxygens (including phenoxy) is 2. The molecule has 0 saturated carbocycles. The maximum atomic E-state index is 11.9. The molecule has 4 aromatic rings. The van der Waals surface area contributed by atoms with Gasteiger partial charge in [0.1, 0.15) is 22.8 Å². The van der Waals surface area contributed by atoms with E-state index in [1.165, 1.54) is 11.1 Å². The minimum atomic E-state index is -1.03. The van der Waals surface area contributed by atoms with Crippen LogP contribution >= 0.6 is 11.6 Å². The molecule has 0 spiro atoms. The quantitative estimate of drug-likeness (QED) is 0.270. The standard InChI is InChI=1S/C31H29ClN2O4/c1-37-26-6-4-7-27(20-26)38-30-19-25(13-14-29(30)31(35)36)34-17-15-33(16-18-34)21-23-5-2-3-8-28(23)22-9-11-24(32)12-10-22/h2-14,19-20H,15-18,21H2,1H3,(H,35,36). The Bertz CT molecular complexity index is 1420. The van der Waals surface area contributed by atoms with Crippen LogP contribution in [0.3, 0.4) is 0 Å². The second-order valence-electron chi connectivity index (χ2n) is 9.19. The van der Waals surface area contributed by atoms with E-state index < -0.39 is 5.97 Å². The van der Waals surface area contributed by atoms with E-state index in [4.69, 9.17) is 21.1 Å². The van der Waals surface area contributed by atoms with Gasteiger partial charge in [0.2, 0.25) is 0 Å². The number of hydrogen-bond donors (Lipinski definition) is 1. The van der Waals surface area contributed by atoms with Crippen molar-refractivity contribution in [1.29, 1.82) is 0 Å². The normalized spacial score (nSPS) is 13.8. The van der Waals surface area contributed by atoms with Crippen molar-refractivity contribution in [2.24, 2.45) is 0 Å². The number of carbonyl (C=O) groups is 1. The van der Waals surface area contributed by atoms with E-state index in [-0.39, 0.29) is 5.56 Å². The molecule has 0 unspecified atom stereocenters. The zero-order chi connectivity index (χ0) is 26.5. The Morgan fingerprint density at radius 1 is 0.868 bits per heavy atom. The molecular formula is C31H29ClN2O4. The fourth-order valence-corrected chi connectivity index (χ4v) is 4.86. The van der Waals surface area contributed by atoms with Crippen molar-refractivity contribution in [2.75, 3.05) is 38.2 Å². The van der Waals surface area contributed by atoms with Crippen LogP contribution in [0.4, 0.5) is 5.69 Å². The van der Waals surface area contributed by atoms with Gasteiger partial charge in [0.15, 0.2) is 0 Å². The molecule has 1 N–H and O–H groups in total. The average Bonchev–Trinajstić information content (AvgIpc) is 2.94. The van der Waals surface area contributed by atoms with Crippen LogP contribution in [-0.2, 0) is 6.54 Å². The van der Waals surface area contributed by atoms with Gasteiger partial charge in [-0.05, 0) is 53.1 Å². The number of anilines is 1. The summed E-state index contributed by atoms with van der Waals surface area (Å²) in [6.45, 7) is 4.29. The molecule has 1 heterocycles. The molecule has 4 aromatic carbocycles. The van der Waals surface area contributed by atoms with E-state index in [2.05, 4.69) is 46.2 Å². The molecule has 38 heavy (non-hydrogen) atoms. The van der Waals surface area contributed by atoms with Crippen molar-refractivity contribution in [3.8, 4) is 28.4 Å². The van der Waals surface area contributed by atoms with Crippen LogP contribution in [0.25, 0.3) is 11.1 Å². The van der Waals surface area contributed by atoms with Gasteiger partial charge in [0.05, 0.1) is 7.11 Å². The number of piperazine rings is 1. The smallest absolute Gasteiger partial charge is 0.339 e. The number of aromatic carboxylic acids is 1. The van der Waals surface area contributed by atoms with Crippen LogP contribution in [0.2, 0.25) is 5.02 Å². The Kier molecular flexibility index (Phi) is 7.82. The summed E-state index contributed by atoms with van der Waals surface area (Å²) < 4.78 is 11.3. The molecule has 1 aliphatic heterocycles. The highest BCUT2D eigenvalue weighted by Crippen LogP contribution is 2.32. The third kappa shape index (κ3) is 5.93. The zero-order valence-electron chi connectivity index (χ0n) is 21.1. The number of carboxylic acid groups (broad SMARTS) is 1. The van der Waals surface area contributed by atoms with Gasteiger partial charge in [-0.15, -0.1) is 0 Å². The highest BCUT2D eigenvalue weighted by molar-refractivity contribution is 6.30. The topological polar surface area (TPSA) is 62.2 Å². The number of nitrogens with zero attached hydrogens (tertiary/aromatic N) is 2. The van der Waals surface area contributed by atoms with Crippen molar-refractivity contribution in [1.82, 2.24) is 4.90 Å². The van der Waals surface area contributed by atoms with Gasteiger partial charge in [-0.25, -0.2) is 4.79 Å². The fraction of sp³-hybridized carbons (Fsp3) is 0.194. The van der Waals surface area contributed by atoms with Crippen molar-refractivity contribution in [3.63, 3.8) is 0 Å². The Hall–Kier alpha value is -4.00. The predicted octanol–water partition coefficient (Wildman–Crippen LogP) is 6.83. The van der Waals surface area contributed by atoms with Crippen molar-refractivity contribution in [3.05, 3.63) is 107 Å². The molecule has 0 aromatic heterocycles. The first kappa shape index (κ1) is 25.6. The van der Waals surface area contributed by atoms with E-state index in [0.717, 1.165) is 49.0 Å². The predicted molar refractivity (Wildman–Crippen MR) is 151 cm³/mol. The van der Waals surface area contributed by atoms with Gasteiger partial charge in [-0.2, -0.15) is 0 Å². The number of hydrogen-bond acceptors (Lipinski definition) is 5. The third-order valence-corrected chi connectivity index (χ3v) is 7.02. The first-order chi connectivity index (χ1) is 18.5. The van der Waals surface area contributed by atoms with Gasteiger partial charge in [0.25, 0.3) is 0 Å². The lowest BCUT2D eigenvalue weighted by Crippen LogP contribution is -2.46. The minimum absolute atomic E-state index is 0.119. The molecule has 0 bridgehead atoms. The largest absolute Gasteiger partial charge is 0.497 e. The molecule has 7 heteroatoms. The molecule has 194 valence electrons. The molecular weight excluding hydrogens is 500 g/mol. The summed E-state index contributed by atoms with van der Waals surface area (Å²) in [5, 5.41) is 10.4. The summed E-state index contributed by atoms with van der Waals surface area (Å²) in [7, 11) is 1.58. The van der Waals surface area contributed by atoms with Gasteiger partial charge in [-0.3, -0.25) is 4.90 Å². The third-order valence-electron chi connectivity index (χ3n) is 6.77. The molecule has 1 aliphatic rings. The Balaban J connectivity index is 1.28. The molecule has 0 aliphatic carbocycles. The second-order valence-corrected chi connectivity index (χ2v) is 9.63. The number of benzene rings is 4. The summed E-state index contributed by atoms with van der Waals surface area (Å²) in [6.07, 6.45) is 0. The second kappa shape index (κ2) is 11.6. The van der Waals surface area contributed by atoms with Crippen LogP contribution in [0.5, 0.6) is 17.2 Å². The summed E-state index contributed by atoms with van der Waals surface area (Å²) in [6, 6.07) is 28.9. The maximum absolute atomic E-state index is 11.9. The Morgan fingerprint density at radius 3 is 2.34 bits per heavy atom. The van der Waals surface area contributed by atoms with Gasteiger partial charge in [-0.1, -0.05) is 54.1 Å². The Labute approximate surface area is 227 Å². The van der Waals surface area contributed by atoms with E-state index in [0.29, 0.717) is 17.2 Å². The number of halogens is 1. The number of rotatable bonds is 8. The molecule has 0 radical (unpaired) electrons. The highest BCUT2D eigenvalue weighted by atomic mass is 35.5. The van der Waals surface area contributed by atoms with Gasteiger partial charge in [0, 0.05) is 55.6 Å².